The molecule has 3 rings (SSSR count). The van der Waals surface area contributed by atoms with E-state index in [2.05, 4.69) is 10.5 Å². The van der Waals surface area contributed by atoms with Crippen molar-refractivity contribution in [3.63, 3.8) is 0 Å². The van der Waals surface area contributed by atoms with Crippen LogP contribution in [0.25, 0.3) is 0 Å². The minimum atomic E-state index is -4.07. The first-order valence-electron chi connectivity index (χ1n) is 10.0. The number of anilines is 1. The number of ether oxygens (including phenoxy) is 2. The summed E-state index contributed by atoms with van der Waals surface area (Å²) in [7, 11) is -1.16. The number of carbonyl (C=O) groups excluding carboxylic acids is 1. The predicted octanol–water partition coefficient (Wildman–Crippen LogP) is 3.25. The lowest BCUT2D eigenvalue weighted by Crippen LogP contribution is -2.39. The summed E-state index contributed by atoms with van der Waals surface area (Å²) in [4.78, 5) is 12.6. The van der Waals surface area contributed by atoms with Gasteiger partial charge in [0.25, 0.3) is 15.9 Å². The lowest BCUT2D eigenvalue weighted by molar-refractivity contribution is -0.119. The minimum Gasteiger partial charge on any atom is -0.493 e. The third kappa shape index (κ3) is 5.35. The first kappa shape index (κ1) is 22.6. The van der Waals surface area contributed by atoms with Gasteiger partial charge >= 0.3 is 0 Å². The number of hydrazone groups is 1. The number of benzene rings is 2. The predicted molar refractivity (Wildman–Crippen MR) is 119 cm³/mol. The molecule has 1 aliphatic rings. The van der Waals surface area contributed by atoms with Gasteiger partial charge in [0.05, 0.1) is 24.8 Å². The van der Waals surface area contributed by atoms with E-state index in [0.29, 0.717) is 11.4 Å². The van der Waals surface area contributed by atoms with Crippen molar-refractivity contribution in [2.45, 2.75) is 37.5 Å². The van der Waals surface area contributed by atoms with Crippen molar-refractivity contribution in [1.29, 1.82) is 0 Å². The van der Waals surface area contributed by atoms with Crippen molar-refractivity contribution in [2.75, 3.05) is 25.1 Å². The number of amides is 1. The first-order valence-corrected chi connectivity index (χ1v) is 11.4. The summed E-state index contributed by atoms with van der Waals surface area (Å²) < 4.78 is 38.5. The second-order valence-corrected chi connectivity index (χ2v) is 9.15. The van der Waals surface area contributed by atoms with Crippen LogP contribution in [0.1, 0.15) is 31.2 Å². The number of hydrogen-bond donors (Lipinski definition) is 1. The molecule has 166 valence electrons. The highest BCUT2D eigenvalue weighted by molar-refractivity contribution is 7.92. The van der Waals surface area contributed by atoms with Crippen molar-refractivity contribution in [1.82, 2.24) is 5.43 Å². The van der Waals surface area contributed by atoms with Gasteiger partial charge in [-0.3, -0.25) is 9.10 Å². The van der Waals surface area contributed by atoms with Crippen molar-refractivity contribution < 1.29 is 22.7 Å². The molecular formula is C22H27N3O5S. The fraction of sp³-hybridized carbons (Fsp3) is 0.364. The van der Waals surface area contributed by atoms with Gasteiger partial charge in [0.1, 0.15) is 6.54 Å². The molecule has 0 aromatic heterocycles. The number of rotatable bonds is 8. The molecule has 0 atom stereocenters. The largest absolute Gasteiger partial charge is 0.493 e. The molecule has 8 nitrogen and oxygen atoms in total. The summed E-state index contributed by atoms with van der Waals surface area (Å²) in [5, 5.41) is 4.15. The van der Waals surface area contributed by atoms with Gasteiger partial charge in [0.2, 0.25) is 0 Å². The van der Waals surface area contributed by atoms with Crippen LogP contribution in [0.5, 0.6) is 11.5 Å². The number of aryl methyl sites for hydroxylation is 1. The van der Waals surface area contributed by atoms with Gasteiger partial charge in [-0.05, 0) is 56.9 Å². The highest BCUT2D eigenvalue weighted by Gasteiger charge is 2.28. The van der Waals surface area contributed by atoms with Crippen LogP contribution in [0.3, 0.4) is 0 Å². The van der Waals surface area contributed by atoms with E-state index in [1.165, 1.54) is 32.4 Å². The quantitative estimate of drug-likeness (QED) is 0.629. The molecule has 0 unspecified atom stereocenters. The van der Waals surface area contributed by atoms with Gasteiger partial charge in [0, 0.05) is 11.8 Å². The summed E-state index contributed by atoms with van der Waals surface area (Å²) in [6.07, 6.45) is 3.81. The summed E-state index contributed by atoms with van der Waals surface area (Å²) in [5.41, 5.74) is 4.78. The summed E-state index contributed by atoms with van der Waals surface area (Å²) in [6.45, 7) is 1.50. The summed E-state index contributed by atoms with van der Waals surface area (Å²) >= 11 is 0. The van der Waals surface area contributed by atoms with Crippen LogP contribution < -0.4 is 19.2 Å². The van der Waals surface area contributed by atoms with Crippen LogP contribution in [-0.4, -0.2) is 40.8 Å². The fourth-order valence-electron chi connectivity index (χ4n) is 3.33. The Morgan fingerprint density at radius 2 is 1.68 bits per heavy atom. The van der Waals surface area contributed by atoms with Gasteiger partial charge in [-0.1, -0.05) is 17.7 Å². The highest BCUT2D eigenvalue weighted by atomic mass is 32.2. The minimum absolute atomic E-state index is 0.0133. The van der Waals surface area contributed by atoms with E-state index in [0.717, 1.165) is 41.3 Å². The van der Waals surface area contributed by atoms with Crippen LogP contribution in [0.2, 0.25) is 0 Å². The molecule has 0 spiro atoms. The maximum atomic E-state index is 13.5. The first-order chi connectivity index (χ1) is 14.8. The molecule has 31 heavy (non-hydrogen) atoms. The molecule has 0 radical (unpaired) electrons. The van der Waals surface area contributed by atoms with E-state index in [-0.39, 0.29) is 10.6 Å². The molecule has 2 aromatic rings. The Labute approximate surface area is 182 Å². The maximum Gasteiger partial charge on any atom is 0.264 e. The Balaban J connectivity index is 1.94. The molecule has 1 N–H and O–H groups in total. The molecule has 2 aromatic carbocycles. The summed E-state index contributed by atoms with van der Waals surface area (Å²) in [5.74, 6) is 0.182. The van der Waals surface area contributed by atoms with Crippen LogP contribution in [0, 0.1) is 6.92 Å². The number of carbonyl (C=O) groups is 1. The molecule has 0 heterocycles. The number of methoxy groups -OCH3 is 2. The van der Waals surface area contributed by atoms with Crippen molar-refractivity contribution in [3.05, 3.63) is 48.0 Å². The lowest BCUT2D eigenvalue weighted by atomic mass is 10.2. The van der Waals surface area contributed by atoms with Gasteiger partial charge in [0.15, 0.2) is 11.5 Å². The van der Waals surface area contributed by atoms with Gasteiger partial charge in [-0.15, -0.1) is 0 Å². The maximum absolute atomic E-state index is 13.5. The van der Waals surface area contributed by atoms with E-state index < -0.39 is 22.5 Å². The highest BCUT2D eigenvalue weighted by Crippen LogP contribution is 2.32. The lowest BCUT2D eigenvalue weighted by Gasteiger charge is -2.24. The molecule has 9 heteroatoms. The van der Waals surface area contributed by atoms with Gasteiger partial charge in [-0.2, -0.15) is 5.10 Å². The van der Waals surface area contributed by atoms with Crippen LogP contribution in [0.15, 0.2) is 52.5 Å². The molecule has 1 fully saturated rings. The monoisotopic (exact) mass is 445 g/mol. The molecule has 0 bridgehead atoms. The second kappa shape index (κ2) is 9.82. The van der Waals surface area contributed by atoms with Gasteiger partial charge in [-0.25, -0.2) is 13.8 Å². The SMILES string of the molecule is COc1ccc(S(=O)(=O)N(CC(=O)NN=C2CCCC2)c2ccc(C)cc2)cc1OC. The number of sulfonamides is 1. The smallest absolute Gasteiger partial charge is 0.264 e. The fourth-order valence-corrected chi connectivity index (χ4v) is 4.77. The third-order valence-electron chi connectivity index (χ3n) is 5.07. The third-order valence-corrected chi connectivity index (χ3v) is 6.84. The molecule has 1 amide bonds. The second-order valence-electron chi connectivity index (χ2n) is 7.28. The van der Waals surface area contributed by atoms with Crippen molar-refractivity contribution in [2.24, 2.45) is 5.10 Å². The van der Waals surface area contributed by atoms with E-state index in [1.807, 2.05) is 6.92 Å². The molecule has 0 saturated heterocycles. The Bertz CT molecular complexity index is 1060. The van der Waals surface area contributed by atoms with E-state index in [9.17, 15) is 13.2 Å². The normalized spacial score (nSPS) is 13.6. The Morgan fingerprint density at radius 3 is 2.29 bits per heavy atom. The zero-order valence-corrected chi connectivity index (χ0v) is 18.7. The molecule has 1 aliphatic carbocycles. The Morgan fingerprint density at radius 1 is 1.03 bits per heavy atom. The number of hydrogen-bond acceptors (Lipinski definition) is 6. The van der Waals surface area contributed by atoms with E-state index >= 15 is 0 Å². The van der Waals surface area contributed by atoms with Crippen molar-refractivity contribution >= 4 is 27.3 Å². The Kier molecular flexibility index (Phi) is 7.17. The molecule has 1 saturated carbocycles. The standard InChI is InChI=1S/C22H27N3O5S/c1-16-8-10-18(11-9-16)25(15-22(26)24-23-17-6-4-5-7-17)31(27,28)19-12-13-20(29-2)21(14-19)30-3/h8-14H,4-7,15H2,1-3H3,(H,24,26). The van der Waals surface area contributed by atoms with Crippen molar-refractivity contribution in [3.8, 4) is 11.5 Å². The summed E-state index contributed by atoms with van der Waals surface area (Å²) in [6, 6.07) is 11.3. The Hall–Kier alpha value is -3.07. The van der Waals surface area contributed by atoms with E-state index in [4.69, 9.17) is 9.47 Å². The topological polar surface area (TPSA) is 97.3 Å². The number of nitrogens with one attached hydrogen (secondary N) is 1. The zero-order valence-electron chi connectivity index (χ0n) is 17.9. The number of nitrogens with zero attached hydrogens (tertiary/aromatic N) is 2. The van der Waals surface area contributed by atoms with Crippen LogP contribution >= 0.6 is 0 Å². The molecular weight excluding hydrogens is 418 g/mol. The average molecular weight is 446 g/mol. The van der Waals surface area contributed by atoms with E-state index in [1.54, 1.807) is 24.3 Å². The zero-order chi connectivity index (χ0) is 22.4. The van der Waals surface area contributed by atoms with Gasteiger partial charge < -0.3 is 9.47 Å². The molecule has 0 aliphatic heterocycles. The van der Waals surface area contributed by atoms with Crippen LogP contribution in [-0.2, 0) is 14.8 Å². The van der Waals surface area contributed by atoms with Crippen LogP contribution in [0.4, 0.5) is 5.69 Å². The average Bonchev–Trinajstić information content (AvgIpc) is 3.30.